The summed E-state index contributed by atoms with van der Waals surface area (Å²) in [5.74, 6) is -0.714. The van der Waals surface area contributed by atoms with Crippen LogP contribution in [0.3, 0.4) is 0 Å². The number of hydrogen-bond donors (Lipinski definition) is 2. The van der Waals surface area contributed by atoms with Crippen LogP contribution in [-0.4, -0.2) is 55.1 Å². The van der Waals surface area contributed by atoms with Gasteiger partial charge in [0.05, 0.1) is 25.8 Å². The first-order valence-electron chi connectivity index (χ1n) is 4.62. The van der Waals surface area contributed by atoms with E-state index in [4.69, 9.17) is 4.74 Å². The van der Waals surface area contributed by atoms with E-state index in [1.54, 1.807) is 0 Å². The molecular weight excluding hydrogens is 202 g/mol. The molecule has 0 aliphatic carbocycles. The van der Waals surface area contributed by atoms with E-state index < -0.39 is 6.03 Å². The van der Waals surface area contributed by atoms with E-state index in [1.165, 1.54) is 0 Å². The van der Waals surface area contributed by atoms with E-state index in [9.17, 15) is 14.4 Å². The molecule has 2 heterocycles. The van der Waals surface area contributed by atoms with Crippen molar-refractivity contribution in [2.45, 2.75) is 6.04 Å². The molecule has 7 heteroatoms. The number of carbonyl (C=O) groups excluding carboxylic acids is 3. The zero-order valence-corrected chi connectivity index (χ0v) is 7.99. The molecule has 0 bridgehead atoms. The molecule has 0 unspecified atom stereocenters. The standard InChI is InChI=1S/C8H11N3O4/c12-6(10-5-3-15-4-5)2-11-7(13)1-9-8(11)14/h5H,1-4H2,(H,9,14)(H,10,12). The fraction of sp³-hybridized carbons (Fsp3) is 0.625. The van der Waals surface area contributed by atoms with Gasteiger partial charge in [0.2, 0.25) is 5.91 Å². The number of nitrogens with zero attached hydrogens (tertiary/aromatic N) is 1. The lowest BCUT2D eigenvalue weighted by molar-refractivity contribution is -0.132. The van der Waals surface area contributed by atoms with Crippen molar-refractivity contribution in [2.75, 3.05) is 26.3 Å². The Morgan fingerprint density at radius 2 is 2.27 bits per heavy atom. The normalized spacial score (nSPS) is 21.2. The van der Waals surface area contributed by atoms with Crippen LogP contribution < -0.4 is 10.6 Å². The number of ether oxygens (including phenoxy) is 1. The molecule has 2 N–H and O–H groups in total. The van der Waals surface area contributed by atoms with Crippen molar-refractivity contribution in [1.82, 2.24) is 15.5 Å². The van der Waals surface area contributed by atoms with Gasteiger partial charge in [0.1, 0.15) is 6.54 Å². The van der Waals surface area contributed by atoms with E-state index in [1.807, 2.05) is 0 Å². The average Bonchev–Trinajstić information content (AvgIpc) is 2.43. The van der Waals surface area contributed by atoms with Gasteiger partial charge in [-0.05, 0) is 0 Å². The first-order valence-corrected chi connectivity index (χ1v) is 4.62. The summed E-state index contributed by atoms with van der Waals surface area (Å²) in [6.07, 6.45) is 0. The lowest BCUT2D eigenvalue weighted by Gasteiger charge is -2.27. The van der Waals surface area contributed by atoms with Crippen molar-refractivity contribution in [2.24, 2.45) is 0 Å². The lowest BCUT2D eigenvalue weighted by Crippen LogP contribution is -2.52. The molecule has 0 saturated carbocycles. The van der Waals surface area contributed by atoms with Crippen LogP contribution in [0, 0.1) is 0 Å². The molecular formula is C8H11N3O4. The van der Waals surface area contributed by atoms with Crippen LogP contribution in [0.15, 0.2) is 0 Å². The summed E-state index contributed by atoms with van der Waals surface area (Å²) in [5.41, 5.74) is 0. The summed E-state index contributed by atoms with van der Waals surface area (Å²) >= 11 is 0. The molecule has 2 saturated heterocycles. The smallest absolute Gasteiger partial charge is 0.325 e. The molecule has 2 aliphatic heterocycles. The number of rotatable bonds is 3. The van der Waals surface area contributed by atoms with Crippen LogP contribution in [0.2, 0.25) is 0 Å². The van der Waals surface area contributed by atoms with E-state index in [0.29, 0.717) is 13.2 Å². The van der Waals surface area contributed by atoms with Crippen LogP contribution in [0.4, 0.5) is 4.79 Å². The van der Waals surface area contributed by atoms with E-state index >= 15 is 0 Å². The molecule has 0 aromatic rings. The molecule has 2 aliphatic rings. The van der Waals surface area contributed by atoms with Crippen LogP contribution in [-0.2, 0) is 14.3 Å². The predicted octanol–water partition coefficient (Wildman–Crippen LogP) is -1.95. The van der Waals surface area contributed by atoms with Crippen molar-refractivity contribution in [1.29, 1.82) is 0 Å². The highest BCUT2D eigenvalue weighted by Gasteiger charge is 2.31. The summed E-state index contributed by atoms with van der Waals surface area (Å²) in [6.45, 7) is 0.734. The van der Waals surface area contributed by atoms with Crippen molar-refractivity contribution in [3.05, 3.63) is 0 Å². The third-order valence-electron chi connectivity index (χ3n) is 2.24. The topological polar surface area (TPSA) is 87.7 Å². The molecule has 2 rings (SSSR count). The van der Waals surface area contributed by atoms with Gasteiger partial charge in [-0.15, -0.1) is 0 Å². The highest BCUT2D eigenvalue weighted by Crippen LogP contribution is 2.01. The Kier molecular flexibility index (Phi) is 2.55. The van der Waals surface area contributed by atoms with Gasteiger partial charge in [0.25, 0.3) is 5.91 Å². The average molecular weight is 213 g/mol. The molecule has 0 radical (unpaired) electrons. The molecule has 15 heavy (non-hydrogen) atoms. The third kappa shape index (κ3) is 2.07. The highest BCUT2D eigenvalue weighted by atomic mass is 16.5. The third-order valence-corrected chi connectivity index (χ3v) is 2.24. The SMILES string of the molecule is O=C(CN1C(=O)CNC1=O)NC1COC1. The van der Waals surface area contributed by atoms with Gasteiger partial charge in [0.15, 0.2) is 0 Å². The molecule has 4 amide bonds. The molecule has 82 valence electrons. The maximum Gasteiger partial charge on any atom is 0.325 e. The number of amides is 4. The molecule has 0 aromatic carbocycles. The van der Waals surface area contributed by atoms with Crippen molar-refractivity contribution >= 4 is 17.8 Å². The Morgan fingerprint density at radius 1 is 1.53 bits per heavy atom. The Morgan fingerprint density at radius 3 is 2.73 bits per heavy atom. The Labute approximate surface area is 85.7 Å². The van der Waals surface area contributed by atoms with Gasteiger partial charge >= 0.3 is 6.03 Å². The minimum atomic E-state index is -0.514. The van der Waals surface area contributed by atoms with Crippen LogP contribution in [0.25, 0.3) is 0 Å². The molecule has 7 nitrogen and oxygen atoms in total. The quantitative estimate of drug-likeness (QED) is 0.533. The lowest BCUT2D eigenvalue weighted by atomic mass is 10.2. The van der Waals surface area contributed by atoms with Crippen molar-refractivity contribution < 1.29 is 19.1 Å². The number of imide groups is 1. The molecule has 2 fully saturated rings. The minimum absolute atomic E-state index is 0.0123. The van der Waals surface area contributed by atoms with Crippen LogP contribution in [0.5, 0.6) is 0 Å². The van der Waals surface area contributed by atoms with E-state index in [0.717, 1.165) is 4.90 Å². The number of carbonyl (C=O) groups is 3. The van der Waals surface area contributed by atoms with Gasteiger partial charge in [-0.3, -0.25) is 14.5 Å². The van der Waals surface area contributed by atoms with Gasteiger partial charge in [0, 0.05) is 0 Å². The minimum Gasteiger partial charge on any atom is -0.377 e. The van der Waals surface area contributed by atoms with E-state index in [2.05, 4.69) is 10.6 Å². The zero-order chi connectivity index (χ0) is 10.8. The summed E-state index contributed by atoms with van der Waals surface area (Å²) in [7, 11) is 0. The van der Waals surface area contributed by atoms with Crippen LogP contribution in [0.1, 0.15) is 0 Å². The Bertz CT molecular complexity index is 297. The van der Waals surface area contributed by atoms with Gasteiger partial charge in [-0.25, -0.2) is 4.79 Å². The first-order chi connectivity index (χ1) is 7.16. The summed E-state index contributed by atoms with van der Waals surface area (Å²) in [5, 5.41) is 4.99. The molecule has 0 atom stereocenters. The number of nitrogens with one attached hydrogen (secondary N) is 2. The maximum atomic E-state index is 11.4. The second-order valence-electron chi connectivity index (χ2n) is 3.44. The van der Waals surface area contributed by atoms with Gasteiger partial charge in [-0.2, -0.15) is 0 Å². The first kappa shape index (κ1) is 9.91. The number of urea groups is 1. The van der Waals surface area contributed by atoms with E-state index in [-0.39, 0.29) is 30.9 Å². The fourth-order valence-electron chi connectivity index (χ4n) is 1.35. The Hall–Kier alpha value is -1.63. The maximum absolute atomic E-state index is 11.4. The largest absolute Gasteiger partial charge is 0.377 e. The summed E-state index contributed by atoms with van der Waals surface area (Å²) < 4.78 is 4.87. The van der Waals surface area contributed by atoms with Crippen LogP contribution >= 0.6 is 0 Å². The molecule has 0 spiro atoms. The Balaban J connectivity index is 1.82. The summed E-state index contributed by atoms with van der Waals surface area (Å²) in [6, 6.07) is -0.502. The zero-order valence-electron chi connectivity index (χ0n) is 7.99. The monoisotopic (exact) mass is 213 g/mol. The van der Waals surface area contributed by atoms with Crippen molar-refractivity contribution in [3.8, 4) is 0 Å². The second-order valence-corrected chi connectivity index (χ2v) is 3.44. The highest BCUT2D eigenvalue weighted by molar-refractivity contribution is 6.04. The molecule has 0 aromatic heterocycles. The summed E-state index contributed by atoms with van der Waals surface area (Å²) in [4.78, 5) is 34.5. The predicted molar refractivity (Wildman–Crippen MR) is 47.9 cm³/mol. The number of hydrogen-bond acceptors (Lipinski definition) is 4. The van der Waals surface area contributed by atoms with Gasteiger partial charge < -0.3 is 15.4 Å². The second kappa shape index (κ2) is 3.85. The van der Waals surface area contributed by atoms with Gasteiger partial charge in [-0.1, -0.05) is 0 Å². The fourth-order valence-corrected chi connectivity index (χ4v) is 1.35. The van der Waals surface area contributed by atoms with Crippen molar-refractivity contribution in [3.63, 3.8) is 0 Å².